The highest BCUT2D eigenvalue weighted by molar-refractivity contribution is 4.75. The highest BCUT2D eigenvalue weighted by Crippen LogP contribution is 2.28. The van der Waals surface area contributed by atoms with Crippen LogP contribution >= 0.6 is 0 Å². The quantitative estimate of drug-likeness (QED) is 0.759. The van der Waals surface area contributed by atoms with Crippen LogP contribution in [0, 0.1) is 11.8 Å². The van der Waals surface area contributed by atoms with Crippen molar-refractivity contribution >= 4 is 0 Å². The fraction of sp³-hybridized carbons (Fsp3) is 1.00. The summed E-state index contributed by atoms with van der Waals surface area (Å²) in [6.07, 6.45) is 8.93. The van der Waals surface area contributed by atoms with Crippen molar-refractivity contribution in [2.45, 2.75) is 51.0 Å². The lowest BCUT2D eigenvalue weighted by atomic mass is 9.96. The highest BCUT2D eigenvalue weighted by Gasteiger charge is 2.19. The number of aliphatic hydroxyl groups excluding tert-OH is 1. The number of piperidine rings is 1. The zero-order valence-corrected chi connectivity index (χ0v) is 11.9. The molecular weight excluding hydrogens is 224 g/mol. The van der Waals surface area contributed by atoms with Crippen molar-refractivity contribution in [3.05, 3.63) is 0 Å². The molecule has 0 amide bonds. The fourth-order valence-corrected chi connectivity index (χ4v) is 3.43. The van der Waals surface area contributed by atoms with Crippen LogP contribution in [0.3, 0.4) is 0 Å². The zero-order valence-electron chi connectivity index (χ0n) is 11.9. The molecule has 1 saturated heterocycles. The summed E-state index contributed by atoms with van der Waals surface area (Å²) in [6.45, 7) is 4.35. The summed E-state index contributed by atoms with van der Waals surface area (Å²) < 4.78 is 0. The molecule has 3 heteroatoms. The van der Waals surface area contributed by atoms with Crippen molar-refractivity contribution in [1.29, 1.82) is 0 Å². The molecule has 0 aromatic rings. The predicted molar refractivity (Wildman–Crippen MR) is 75.7 cm³/mol. The molecule has 2 N–H and O–H groups in total. The van der Waals surface area contributed by atoms with Gasteiger partial charge in [0.1, 0.15) is 0 Å². The largest absolute Gasteiger partial charge is 0.392 e. The second kappa shape index (κ2) is 7.46. The predicted octanol–water partition coefficient (Wildman–Crippen LogP) is 1.86. The van der Waals surface area contributed by atoms with Crippen molar-refractivity contribution in [2.75, 3.05) is 33.2 Å². The lowest BCUT2D eigenvalue weighted by molar-refractivity contribution is 0.136. The Kier molecular flexibility index (Phi) is 5.93. The van der Waals surface area contributed by atoms with Gasteiger partial charge < -0.3 is 15.3 Å². The molecule has 1 saturated carbocycles. The third-order valence-corrected chi connectivity index (χ3v) is 4.73. The van der Waals surface area contributed by atoms with Gasteiger partial charge in [-0.3, -0.25) is 0 Å². The lowest BCUT2D eigenvalue weighted by Crippen LogP contribution is -2.37. The number of nitrogens with zero attached hydrogens (tertiary/aromatic N) is 1. The van der Waals surface area contributed by atoms with E-state index in [1.54, 1.807) is 0 Å². The summed E-state index contributed by atoms with van der Waals surface area (Å²) in [4.78, 5) is 2.41. The number of likely N-dealkylation sites (tertiary alicyclic amines) is 1. The molecular formula is C15H30N2O. The zero-order chi connectivity index (χ0) is 12.8. The molecule has 0 aromatic heterocycles. The van der Waals surface area contributed by atoms with Gasteiger partial charge in [0.2, 0.25) is 0 Å². The first-order valence-electron chi connectivity index (χ1n) is 7.81. The fourth-order valence-electron chi connectivity index (χ4n) is 3.43. The molecule has 18 heavy (non-hydrogen) atoms. The van der Waals surface area contributed by atoms with Gasteiger partial charge in [0.15, 0.2) is 0 Å². The van der Waals surface area contributed by atoms with Gasteiger partial charge in [-0.15, -0.1) is 0 Å². The minimum Gasteiger partial charge on any atom is -0.392 e. The smallest absolute Gasteiger partial charge is 0.0667 e. The Morgan fingerprint density at radius 2 is 1.78 bits per heavy atom. The van der Waals surface area contributed by atoms with E-state index in [4.69, 9.17) is 0 Å². The van der Waals surface area contributed by atoms with Gasteiger partial charge in [0.05, 0.1) is 6.10 Å². The Labute approximate surface area is 112 Å². The molecule has 1 heterocycles. The molecule has 1 aliphatic heterocycles. The van der Waals surface area contributed by atoms with Crippen molar-refractivity contribution in [3.8, 4) is 0 Å². The van der Waals surface area contributed by atoms with E-state index in [2.05, 4.69) is 17.3 Å². The van der Waals surface area contributed by atoms with Gasteiger partial charge >= 0.3 is 0 Å². The van der Waals surface area contributed by atoms with Crippen molar-refractivity contribution in [2.24, 2.45) is 11.8 Å². The minimum absolute atomic E-state index is 0.126. The van der Waals surface area contributed by atoms with E-state index in [-0.39, 0.29) is 6.10 Å². The van der Waals surface area contributed by atoms with E-state index in [9.17, 15) is 5.11 Å². The molecule has 2 aliphatic rings. The highest BCUT2D eigenvalue weighted by atomic mass is 16.3. The molecule has 1 aliphatic carbocycles. The van der Waals surface area contributed by atoms with Gasteiger partial charge in [0.25, 0.3) is 0 Å². The van der Waals surface area contributed by atoms with E-state index >= 15 is 0 Å². The van der Waals surface area contributed by atoms with Crippen molar-refractivity contribution in [1.82, 2.24) is 10.2 Å². The monoisotopic (exact) mass is 254 g/mol. The Hall–Kier alpha value is -0.120. The van der Waals surface area contributed by atoms with Gasteiger partial charge in [-0.25, -0.2) is 0 Å². The van der Waals surface area contributed by atoms with Crippen molar-refractivity contribution < 1.29 is 5.11 Å². The molecule has 0 aromatic carbocycles. The molecule has 1 atom stereocenters. The molecule has 0 radical (unpaired) electrons. The number of hydrogen-bond acceptors (Lipinski definition) is 3. The molecule has 2 rings (SSSR count). The topological polar surface area (TPSA) is 35.5 Å². The summed E-state index contributed by atoms with van der Waals surface area (Å²) >= 11 is 0. The van der Waals surface area contributed by atoms with E-state index in [1.807, 2.05) is 0 Å². The summed E-state index contributed by atoms with van der Waals surface area (Å²) in [5.41, 5.74) is 0. The number of nitrogens with one attached hydrogen (secondary N) is 1. The first kappa shape index (κ1) is 14.3. The van der Waals surface area contributed by atoms with Gasteiger partial charge in [0, 0.05) is 6.54 Å². The van der Waals surface area contributed by atoms with Crippen LogP contribution in [0.25, 0.3) is 0 Å². The van der Waals surface area contributed by atoms with E-state index < -0.39 is 0 Å². The first-order chi connectivity index (χ1) is 8.74. The molecule has 0 spiro atoms. The third-order valence-electron chi connectivity index (χ3n) is 4.73. The summed E-state index contributed by atoms with van der Waals surface area (Å²) in [5.74, 6) is 1.62. The van der Waals surface area contributed by atoms with Crippen LogP contribution in [-0.2, 0) is 0 Å². The van der Waals surface area contributed by atoms with Crippen LogP contribution in [0.15, 0.2) is 0 Å². The summed E-state index contributed by atoms with van der Waals surface area (Å²) in [5, 5.41) is 13.5. The van der Waals surface area contributed by atoms with E-state index in [0.717, 1.165) is 31.3 Å². The maximum atomic E-state index is 10.0. The van der Waals surface area contributed by atoms with E-state index in [1.165, 1.54) is 51.6 Å². The molecule has 0 bridgehead atoms. The molecule has 1 unspecified atom stereocenters. The average molecular weight is 254 g/mol. The van der Waals surface area contributed by atoms with Gasteiger partial charge in [-0.1, -0.05) is 25.7 Å². The summed E-state index contributed by atoms with van der Waals surface area (Å²) in [7, 11) is 2.20. The van der Waals surface area contributed by atoms with Crippen molar-refractivity contribution in [3.63, 3.8) is 0 Å². The van der Waals surface area contributed by atoms with Gasteiger partial charge in [-0.2, -0.15) is 0 Å². The van der Waals surface area contributed by atoms with Gasteiger partial charge in [-0.05, 0) is 57.8 Å². The van der Waals surface area contributed by atoms with Crippen LogP contribution in [0.5, 0.6) is 0 Å². The minimum atomic E-state index is -0.126. The van der Waals surface area contributed by atoms with Crippen LogP contribution in [0.4, 0.5) is 0 Å². The average Bonchev–Trinajstić information content (AvgIpc) is 2.84. The normalized spacial score (nSPS) is 25.7. The molecule has 106 valence electrons. The van der Waals surface area contributed by atoms with Crippen LogP contribution < -0.4 is 5.32 Å². The third kappa shape index (κ3) is 4.87. The Balaban J connectivity index is 1.51. The SMILES string of the molecule is CN1CCC(CNCC(O)CC2CCCC2)CC1. The Bertz CT molecular complexity index is 221. The maximum Gasteiger partial charge on any atom is 0.0667 e. The number of hydrogen-bond donors (Lipinski definition) is 2. The number of rotatable bonds is 6. The summed E-state index contributed by atoms with van der Waals surface area (Å²) in [6, 6.07) is 0. The Morgan fingerprint density at radius 3 is 2.44 bits per heavy atom. The maximum absolute atomic E-state index is 10.0. The van der Waals surface area contributed by atoms with Crippen LogP contribution in [0.2, 0.25) is 0 Å². The molecule has 2 fully saturated rings. The lowest BCUT2D eigenvalue weighted by Gasteiger charge is -2.29. The van der Waals surface area contributed by atoms with Crippen LogP contribution in [-0.4, -0.2) is 49.3 Å². The standard InChI is InChI=1S/C15H30N2O/c1-17-8-6-14(7-9-17)11-16-12-15(18)10-13-4-2-3-5-13/h13-16,18H,2-12H2,1H3. The van der Waals surface area contributed by atoms with Crippen LogP contribution in [0.1, 0.15) is 44.9 Å². The van der Waals surface area contributed by atoms with E-state index in [0.29, 0.717) is 0 Å². The second-order valence-corrected chi connectivity index (χ2v) is 6.44. The first-order valence-corrected chi connectivity index (χ1v) is 7.81. The molecule has 3 nitrogen and oxygen atoms in total. The number of aliphatic hydroxyl groups is 1. The Morgan fingerprint density at radius 1 is 1.11 bits per heavy atom. The second-order valence-electron chi connectivity index (χ2n) is 6.44.